The Hall–Kier alpha value is -2.54. The Kier molecular flexibility index (Phi) is 4.71. The number of carbonyl (C=O) groups is 2. The molecule has 0 aliphatic carbocycles. The van der Waals surface area contributed by atoms with E-state index in [-0.39, 0.29) is 6.03 Å². The van der Waals surface area contributed by atoms with Crippen molar-refractivity contribution < 1.29 is 19.1 Å². The number of nitrogens with zero attached hydrogens (tertiary/aromatic N) is 1. The maximum absolute atomic E-state index is 12.8. The number of methoxy groups -OCH3 is 2. The number of hydrogen-bond acceptors (Lipinski definition) is 5. The molecule has 0 saturated heterocycles. The molecule has 1 N–H and O–H groups in total. The lowest BCUT2D eigenvalue weighted by Gasteiger charge is -2.34. The molecular weight excluding hydrogens is 328 g/mol. The number of ether oxygens (including phenoxy) is 2. The van der Waals surface area contributed by atoms with Crippen LogP contribution in [0.2, 0.25) is 0 Å². The van der Waals surface area contributed by atoms with Crippen LogP contribution in [0.5, 0.6) is 5.75 Å². The Morgan fingerprint density at radius 3 is 2.79 bits per heavy atom. The van der Waals surface area contributed by atoms with E-state index in [2.05, 4.69) is 5.32 Å². The van der Waals surface area contributed by atoms with Crippen molar-refractivity contribution in [2.45, 2.75) is 12.5 Å². The van der Waals surface area contributed by atoms with Crippen molar-refractivity contribution in [2.75, 3.05) is 26.1 Å². The van der Waals surface area contributed by atoms with Gasteiger partial charge in [-0.3, -0.25) is 0 Å². The maximum Gasteiger partial charge on any atom is 0.333 e. The number of thiophene rings is 1. The summed E-state index contributed by atoms with van der Waals surface area (Å²) in [5, 5.41) is 4.75. The van der Waals surface area contributed by atoms with E-state index in [1.807, 2.05) is 23.6 Å². The van der Waals surface area contributed by atoms with E-state index in [0.717, 1.165) is 16.9 Å². The molecule has 3 rings (SSSR count). The van der Waals surface area contributed by atoms with Crippen LogP contribution in [-0.4, -0.2) is 37.7 Å². The van der Waals surface area contributed by atoms with Gasteiger partial charge in [0.15, 0.2) is 6.04 Å². The molecule has 0 bridgehead atoms. The van der Waals surface area contributed by atoms with Crippen LogP contribution in [0.25, 0.3) is 0 Å². The number of nitrogens with one attached hydrogen (secondary N) is 1. The van der Waals surface area contributed by atoms with E-state index in [9.17, 15) is 9.59 Å². The molecule has 2 heterocycles. The highest BCUT2D eigenvalue weighted by molar-refractivity contribution is 7.10. The summed E-state index contributed by atoms with van der Waals surface area (Å²) in [5.74, 6) is 0.123. The lowest BCUT2D eigenvalue weighted by Crippen LogP contribution is -2.45. The number of hydrogen-bond donors (Lipinski definition) is 1. The summed E-state index contributed by atoms with van der Waals surface area (Å²) in [6.45, 7) is 0.453. The molecule has 1 aliphatic rings. The van der Waals surface area contributed by atoms with Gasteiger partial charge >= 0.3 is 12.0 Å². The summed E-state index contributed by atoms with van der Waals surface area (Å²) in [6.07, 6.45) is 0.722. The lowest BCUT2D eigenvalue weighted by atomic mass is 10.0. The normalized spacial score (nSPS) is 16.2. The van der Waals surface area contributed by atoms with Crippen LogP contribution in [0.15, 0.2) is 35.7 Å². The number of amides is 2. The van der Waals surface area contributed by atoms with Gasteiger partial charge in [0.2, 0.25) is 0 Å². The predicted molar refractivity (Wildman–Crippen MR) is 91.5 cm³/mol. The highest BCUT2D eigenvalue weighted by Gasteiger charge is 2.37. The minimum atomic E-state index is -0.722. The third kappa shape index (κ3) is 2.94. The summed E-state index contributed by atoms with van der Waals surface area (Å²) >= 11 is 1.59. The van der Waals surface area contributed by atoms with E-state index < -0.39 is 12.0 Å². The molecule has 0 saturated carbocycles. The van der Waals surface area contributed by atoms with Gasteiger partial charge in [-0.2, -0.15) is 0 Å². The van der Waals surface area contributed by atoms with Gasteiger partial charge in [0, 0.05) is 11.4 Å². The Labute approximate surface area is 144 Å². The van der Waals surface area contributed by atoms with Crippen LogP contribution in [0.4, 0.5) is 10.5 Å². The number of esters is 1. The first kappa shape index (κ1) is 16.3. The summed E-state index contributed by atoms with van der Waals surface area (Å²) in [6, 6.07) is 7.95. The third-order valence-corrected chi connectivity index (χ3v) is 5.00. The van der Waals surface area contributed by atoms with Crippen LogP contribution < -0.4 is 10.1 Å². The van der Waals surface area contributed by atoms with Crippen LogP contribution in [0.1, 0.15) is 16.5 Å². The highest BCUT2D eigenvalue weighted by Crippen LogP contribution is 2.35. The molecule has 1 aromatic heterocycles. The van der Waals surface area contributed by atoms with Crippen molar-refractivity contribution in [1.82, 2.24) is 4.90 Å². The molecule has 0 radical (unpaired) electrons. The average molecular weight is 346 g/mol. The molecule has 0 spiro atoms. The van der Waals surface area contributed by atoms with Gasteiger partial charge in [0.05, 0.1) is 19.9 Å². The fourth-order valence-electron chi connectivity index (χ4n) is 2.84. The standard InChI is InChI=1S/C17H18N2O4S/c1-22-13-6-4-3-5-12(13)18-17(21)19-9-7-14-11(8-10-24-14)15(19)16(20)23-2/h3-6,8,10,15H,7,9H2,1-2H3,(H,18,21). The van der Waals surface area contributed by atoms with E-state index in [1.54, 1.807) is 30.6 Å². The smallest absolute Gasteiger partial charge is 0.333 e. The van der Waals surface area contributed by atoms with E-state index in [1.165, 1.54) is 12.0 Å². The lowest BCUT2D eigenvalue weighted by molar-refractivity contribution is -0.146. The molecule has 126 valence electrons. The number of fused-ring (bicyclic) bond motifs is 1. The summed E-state index contributed by atoms with van der Waals surface area (Å²) < 4.78 is 10.2. The molecule has 24 heavy (non-hydrogen) atoms. The third-order valence-electron chi connectivity index (χ3n) is 4.00. The summed E-state index contributed by atoms with van der Waals surface area (Å²) in [7, 11) is 2.88. The molecule has 0 fully saturated rings. The number of rotatable bonds is 3. The predicted octanol–water partition coefficient (Wildman–Crippen LogP) is 3.06. The van der Waals surface area contributed by atoms with Gasteiger partial charge in [0.25, 0.3) is 0 Å². The van der Waals surface area contributed by atoms with Crippen molar-refractivity contribution >= 4 is 29.0 Å². The number of para-hydroxylation sites is 2. The first-order valence-corrected chi connectivity index (χ1v) is 8.38. The summed E-state index contributed by atoms with van der Waals surface area (Å²) in [5.41, 5.74) is 1.40. The van der Waals surface area contributed by atoms with Gasteiger partial charge in [0.1, 0.15) is 5.75 Å². The first-order valence-electron chi connectivity index (χ1n) is 7.50. The number of anilines is 1. The number of carbonyl (C=O) groups excluding carboxylic acids is 2. The fraction of sp³-hybridized carbons (Fsp3) is 0.294. The fourth-order valence-corrected chi connectivity index (χ4v) is 3.74. The van der Waals surface area contributed by atoms with Crippen LogP contribution >= 0.6 is 11.3 Å². The second-order valence-corrected chi connectivity index (χ2v) is 6.30. The molecule has 1 unspecified atom stereocenters. The average Bonchev–Trinajstić information content (AvgIpc) is 3.09. The Morgan fingerprint density at radius 1 is 1.25 bits per heavy atom. The Bertz CT molecular complexity index is 759. The van der Waals surface area contributed by atoms with Gasteiger partial charge in [-0.25, -0.2) is 9.59 Å². The van der Waals surface area contributed by atoms with E-state index in [4.69, 9.17) is 9.47 Å². The van der Waals surface area contributed by atoms with Crippen LogP contribution in [0.3, 0.4) is 0 Å². The zero-order valence-corrected chi connectivity index (χ0v) is 14.3. The second-order valence-electron chi connectivity index (χ2n) is 5.30. The molecule has 6 nitrogen and oxygen atoms in total. The zero-order chi connectivity index (χ0) is 17.1. The first-order chi connectivity index (χ1) is 11.7. The minimum Gasteiger partial charge on any atom is -0.495 e. The maximum atomic E-state index is 12.8. The molecule has 1 atom stereocenters. The quantitative estimate of drug-likeness (QED) is 0.868. The minimum absolute atomic E-state index is 0.355. The monoisotopic (exact) mass is 346 g/mol. The zero-order valence-electron chi connectivity index (χ0n) is 13.4. The second kappa shape index (κ2) is 6.92. The van der Waals surface area contributed by atoms with Gasteiger partial charge < -0.3 is 19.7 Å². The van der Waals surface area contributed by atoms with Crippen molar-refractivity contribution in [1.29, 1.82) is 0 Å². The van der Waals surface area contributed by atoms with E-state index >= 15 is 0 Å². The highest BCUT2D eigenvalue weighted by atomic mass is 32.1. The Balaban J connectivity index is 1.87. The topological polar surface area (TPSA) is 67.9 Å². The van der Waals surface area contributed by atoms with Crippen molar-refractivity contribution in [3.05, 3.63) is 46.2 Å². The van der Waals surface area contributed by atoms with Crippen molar-refractivity contribution in [3.63, 3.8) is 0 Å². The van der Waals surface area contributed by atoms with Gasteiger partial charge in [-0.05, 0) is 35.6 Å². The molecule has 1 aliphatic heterocycles. The van der Waals surface area contributed by atoms with Gasteiger partial charge in [-0.1, -0.05) is 12.1 Å². The van der Waals surface area contributed by atoms with E-state index in [0.29, 0.717) is 18.0 Å². The summed E-state index contributed by atoms with van der Waals surface area (Å²) in [4.78, 5) is 27.6. The number of benzene rings is 1. The number of urea groups is 1. The SMILES string of the molecule is COC(=O)C1c2ccsc2CCN1C(=O)Nc1ccccc1OC. The molecule has 2 aromatic rings. The molecular formula is C17H18N2O4S. The largest absolute Gasteiger partial charge is 0.495 e. The molecule has 1 aromatic carbocycles. The van der Waals surface area contributed by atoms with Crippen LogP contribution in [-0.2, 0) is 16.0 Å². The Morgan fingerprint density at radius 2 is 2.04 bits per heavy atom. The molecule has 7 heteroatoms. The van der Waals surface area contributed by atoms with Crippen LogP contribution in [0, 0.1) is 0 Å². The van der Waals surface area contributed by atoms with Gasteiger partial charge in [-0.15, -0.1) is 11.3 Å². The molecule has 2 amide bonds. The van der Waals surface area contributed by atoms with Crippen molar-refractivity contribution in [2.24, 2.45) is 0 Å². The van der Waals surface area contributed by atoms with Crippen molar-refractivity contribution in [3.8, 4) is 5.75 Å².